The minimum Gasteiger partial charge on any atom is -0.475 e. The van der Waals surface area contributed by atoms with Gasteiger partial charge in [0.2, 0.25) is 17.5 Å². The third-order valence-corrected chi connectivity index (χ3v) is 27.6. The number of hydrogen-bond acceptors (Lipinski definition) is 25. The van der Waals surface area contributed by atoms with Crippen molar-refractivity contribution in [3.63, 3.8) is 0 Å². The van der Waals surface area contributed by atoms with Crippen LogP contribution in [-0.4, -0.2) is 185 Å². The molecule has 5 saturated carbocycles. The number of nitrogens with two attached hydrogens (primary N) is 1. The van der Waals surface area contributed by atoms with Crippen LogP contribution in [0.5, 0.6) is 0 Å². The van der Waals surface area contributed by atoms with Gasteiger partial charge in [-0.3, -0.25) is 83.7 Å². The highest BCUT2D eigenvalue weighted by molar-refractivity contribution is 5.99. The number of carbonyl (C=O) groups is 10. The van der Waals surface area contributed by atoms with Gasteiger partial charge in [0.25, 0.3) is 23.5 Å². The number of carboxylic acids is 1. The van der Waals surface area contributed by atoms with E-state index in [1.807, 2.05) is 172 Å². The number of halogens is 1. The summed E-state index contributed by atoms with van der Waals surface area (Å²) in [6.45, 7) is 5.43. The number of ketones is 5. The number of H-pyrrole nitrogens is 4. The summed E-state index contributed by atoms with van der Waals surface area (Å²) in [7, 11) is 0. The molecule has 0 radical (unpaired) electrons. The Hall–Kier alpha value is -15.1. The molecule has 3 unspecified atom stereocenters. The Morgan fingerprint density at radius 2 is 0.579 bits per heavy atom. The number of Topliss-reactive ketones (excluding diaryl/α,β-unsaturated/α-hetero) is 5. The summed E-state index contributed by atoms with van der Waals surface area (Å²) >= 11 is 0. The molecule has 0 saturated heterocycles. The van der Waals surface area contributed by atoms with Gasteiger partial charge < -0.3 is 36.8 Å². The highest BCUT2D eigenvalue weighted by Gasteiger charge is 2.55. The number of rotatable bonds is 16. The molecule has 9 aromatic heterocycles. The Labute approximate surface area is 812 Å². The molecule has 9 heterocycles. The van der Waals surface area contributed by atoms with Crippen molar-refractivity contribution in [2.45, 2.75) is 238 Å². The monoisotopic (exact) mass is 1900 g/mol. The van der Waals surface area contributed by atoms with E-state index in [-0.39, 0.29) is 123 Å². The lowest BCUT2D eigenvalue weighted by atomic mass is 9.90. The third-order valence-electron chi connectivity index (χ3n) is 27.6. The minimum absolute atomic E-state index is 0. The number of benzene rings is 4. The number of hydrogen-bond donors (Lipinski definition) is 10. The second kappa shape index (κ2) is 41.3. The largest absolute Gasteiger partial charge is 0.475 e. The number of carboxylic acid groups (broad SMARTS) is 1. The van der Waals surface area contributed by atoms with Crippen molar-refractivity contribution >= 4 is 71.1 Å². The molecule has 10 aliphatic rings. The van der Waals surface area contributed by atoms with E-state index in [9.17, 15) is 47.9 Å². The molecule has 34 nitrogen and oxygen atoms in total. The molecule has 35 heteroatoms. The molecule has 13 aromatic rings. The van der Waals surface area contributed by atoms with Crippen molar-refractivity contribution in [2.75, 3.05) is 0 Å². The number of nitrogens with zero attached hydrogens (tertiary/aromatic N) is 13. The summed E-state index contributed by atoms with van der Waals surface area (Å²) < 4.78 is 5.28. The summed E-state index contributed by atoms with van der Waals surface area (Å²) in [6, 6.07) is 56.8. The molecule has 5 atom stereocenters. The zero-order chi connectivity index (χ0) is 96.6. The lowest BCUT2D eigenvalue weighted by Gasteiger charge is -2.24. The van der Waals surface area contributed by atoms with Crippen LogP contribution in [0.4, 0.5) is 4.79 Å². The summed E-state index contributed by atoms with van der Waals surface area (Å²) in [5.74, 6) is 0.118. The Kier molecular flexibility index (Phi) is 28.5. The van der Waals surface area contributed by atoms with Crippen LogP contribution in [0, 0.1) is 0 Å². The quantitative estimate of drug-likeness (QED) is 0.0429. The van der Waals surface area contributed by atoms with Gasteiger partial charge >= 0.3 is 12.1 Å². The highest BCUT2D eigenvalue weighted by atomic mass is 35.5. The number of carbonyl (C=O) groups excluding carboxylic acids is 9. The fraction of sp³-hybridized carbons (Fsp3) is 0.362. The molecule has 140 heavy (non-hydrogen) atoms. The van der Waals surface area contributed by atoms with Crippen LogP contribution < -0.4 is 27.0 Å². The second-order valence-electron chi connectivity index (χ2n) is 38.9. The zero-order valence-corrected chi connectivity index (χ0v) is 78.6. The smallest absolute Gasteiger partial charge is 0.408 e. The SMILES string of the molecule is CC(C)(C)OC(=O)NC1CC2(CC2)c2cccnc2CC1=O.Cl.NC1CC2(CC2)c2cccnc2CC1=O.O=C(NC1CC2(CC2)c2cccnc2CC1=O)c1n[nH]c(Cc2ccccc2)n1.O=C(N[C@@H]1CC2(CC2)c2cccnc2CC1=O)c1n[nH]c(Cc2ccccc2)n1.O=C(N[C@H]1CC2(CC2)c2cccnc2CC1=O)c1n[nH]c(Cc2ccccc2)n1.O=C(O)c1n[nH]c(Cc2ccccc2)n1. The second-order valence-corrected chi connectivity index (χ2v) is 38.9. The zero-order valence-electron chi connectivity index (χ0n) is 77.8. The van der Waals surface area contributed by atoms with Crippen molar-refractivity contribution in [3.05, 3.63) is 338 Å². The molecule has 4 aromatic carbocycles. The number of fused-ring (bicyclic) bond motifs is 10. The molecular weight excluding hydrogens is 1800 g/mol. The van der Waals surface area contributed by atoms with Crippen molar-refractivity contribution in [3.8, 4) is 0 Å². The van der Waals surface area contributed by atoms with Crippen LogP contribution in [-0.2, 0) is 114 Å². The number of aromatic nitrogens is 17. The van der Waals surface area contributed by atoms with E-state index in [4.69, 9.17) is 15.6 Å². The van der Waals surface area contributed by atoms with Crippen LogP contribution in [0.25, 0.3) is 0 Å². The van der Waals surface area contributed by atoms with Crippen LogP contribution in [0.1, 0.15) is 261 Å². The van der Waals surface area contributed by atoms with E-state index in [1.54, 1.807) is 31.0 Å². The van der Waals surface area contributed by atoms with E-state index in [1.165, 1.54) is 11.1 Å². The number of aromatic carboxylic acids is 1. The summed E-state index contributed by atoms with van der Waals surface area (Å²) in [4.78, 5) is 162. The van der Waals surface area contributed by atoms with Gasteiger partial charge in [0.15, 0.2) is 28.9 Å². The lowest BCUT2D eigenvalue weighted by molar-refractivity contribution is -0.121. The van der Waals surface area contributed by atoms with E-state index >= 15 is 0 Å². The van der Waals surface area contributed by atoms with E-state index in [2.05, 4.69) is 137 Å². The molecular formula is C105H109ClN22O12. The lowest BCUT2D eigenvalue weighted by Crippen LogP contribution is -2.44. The first-order valence-electron chi connectivity index (χ1n) is 47.2. The van der Waals surface area contributed by atoms with Gasteiger partial charge in [-0.1, -0.05) is 152 Å². The summed E-state index contributed by atoms with van der Waals surface area (Å²) in [5, 5.41) is 46.8. The third kappa shape index (κ3) is 23.2. The summed E-state index contributed by atoms with van der Waals surface area (Å²) in [5.41, 5.74) is 20.0. The van der Waals surface area contributed by atoms with Crippen molar-refractivity contribution in [1.29, 1.82) is 0 Å². The van der Waals surface area contributed by atoms with Gasteiger partial charge in [-0.25, -0.2) is 29.5 Å². The Bertz CT molecular complexity index is 6330. The van der Waals surface area contributed by atoms with Gasteiger partial charge in [0.05, 0.1) is 90.8 Å². The number of amides is 4. The van der Waals surface area contributed by atoms with E-state index in [0.29, 0.717) is 81.1 Å². The average Bonchev–Trinajstić information content (AvgIpc) is 1.61. The fourth-order valence-corrected chi connectivity index (χ4v) is 19.7. The van der Waals surface area contributed by atoms with Gasteiger partial charge in [0, 0.05) is 56.7 Å². The normalized spacial score (nSPS) is 19.7. The van der Waals surface area contributed by atoms with Crippen LogP contribution in [0.2, 0.25) is 0 Å². The van der Waals surface area contributed by atoms with Crippen LogP contribution in [0.3, 0.4) is 0 Å². The molecule has 718 valence electrons. The number of ether oxygens (including phenoxy) is 1. The predicted molar refractivity (Wildman–Crippen MR) is 514 cm³/mol. The topological polar surface area (TPSA) is 505 Å². The molecule has 23 rings (SSSR count). The van der Waals surface area contributed by atoms with E-state index in [0.717, 1.165) is 138 Å². The van der Waals surface area contributed by atoms with Crippen LogP contribution in [0.15, 0.2) is 213 Å². The number of alkyl carbamates (subject to hydrolysis) is 1. The van der Waals surface area contributed by atoms with Gasteiger partial charge in [-0.15, -0.1) is 32.8 Å². The van der Waals surface area contributed by atoms with Crippen molar-refractivity contribution in [2.24, 2.45) is 5.73 Å². The van der Waals surface area contributed by atoms with Gasteiger partial charge in [-0.2, -0.15) is 0 Å². The van der Waals surface area contributed by atoms with Gasteiger partial charge in [0.1, 0.15) is 28.9 Å². The summed E-state index contributed by atoms with van der Waals surface area (Å²) in [6.07, 6.45) is 25.6. The first-order valence-corrected chi connectivity index (χ1v) is 47.2. The predicted octanol–water partition coefficient (Wildman–Crippen LogP) is 11.4. The highest BCUT2D eigenvalue weighted by Crippen LogP contribution is 2.58. The van der Waals surface area contributed by atoms with Crippen molar-refractivity contribution < 1.29 is 57.8 Å². The first kappa shape index (κ1) is 96.6. The maximum absolute atomic E-state index is 12.8. The standard InChI is InChI=1S/3C22H21N5O2.C17H22N2O3.C12H14N2O.C10H9N3O2.ClH/c3*28-18-12-16-15(7-4-10-23-16)22(8-9-22)13-17(18)24-21(29)20-25-19(26-27-20)11-14-5-2-1-3-6-14;1-16(2,3)22-15(21)19-13-10-17(6-7-17)11-5-4-8-18-12(11)9-14(13)20;13-9-7-12(3-4-12)8-2-1-5-14-10(8)6-11(9)15;14-10(15)9-11-8(12-13-9)6-7-4-2-1-3-5-7;/h3*1-7,10,17H,8-9,11-13H2,(H,24,29)(H,25,26,27);4-5,8,13H,6-7,9-10H2,1-3H3,(H,19,21);1-2,5,9H,3-4,6-7,13H2;1-5H,6H2,(H,14,15)(H,11,12,13);1H/t2*17-;;;;;/m10...../s1. The Morgan fingerprint density at radius 1 is 0.343 bits per heavy atom. The first-order chi connectivity index (χ1) is 67.1. The fourth-order valence-electron chi connectivity index (χ4n) is 19.7. The Balaban J connectivity index is 0.000000118. The van der Waals surface area contributed by atoms with E-state index < -0.39 is 59.6 Å². The molecule has 0 aliphatic heterocycles. The van der Waals surface area contributed by atoms with Crippen molar-refractivity contribution in [1.82, 2.24) is 107 Å². The maximum atomic E-state index is 12.8. The number of nitrogens with one attached hydrogen (secondary N) is 8. The average molecular weight is 1910 g/mol. The Morgan fingerprint density at radius 3 is 0.821 bits per heavy atom. The van der Waals surface area contributed by atoms with Gasteiger partial charge in [-0.05, 0) is 225 Å². The number of aromatic amines is 4. The molecule has 5 fully saturated rings. The molecule has 11 N–H and O–H groups in total. The maximum Gasteiger partial charge on any atom is 0.408 e. The molecule has 4 amide bonds. The molecule has 10 aliphatic carbocycles. The number of pyridine rings is 5. The van der Waals surface area contributed by atoms with Crippen LogP contribution >= 0.6 is 12.4 Å². The minimum atomic E-state index is -1.12. The molecule has 5 spiro atoms. The molecule has 0 bridgehead atoms.